The number of hydrogen-bond donors (Lipinski definition) is 2. The fourth-order valence-electron chi connectivity index (χ4n) is 4.89. The molecule has 0 bridgehead atoms. The molecule has 1 aromatic carbocycles. The summed E-state index contributed by atoms with van der Waals surface area (Å²) in [6.07, 6.45) is 3.66. The molecular weight excluding hydrogens is 384 g/mol. The number of fused-ring (bicyclic) bond motifs is 1. The van der Waals surface area contributed by atoms with Gasteiger partial charge < -0.3 is 19.5 Å². The number of piperidine rings is 1. The van der Waals surface area contributed by atoms with Crippen molar-refractivity contribution in [2.24, 2.45) is 0 Å². The number of urea groups is 1. The summed E-state index contributed by atoms with van der Waals surface area (Å²) >= 11 is 0. The molecular formula is C22H24N4O4. The van der Waals surface area contributed by atoms with Gasteiger partial charge in [0, 0.05) is 30.4 Å². The largest absolute Gasteiger partial charge is 0.459 e. The van der Waals surface area contributed by atoms with Gasteiger partial charge in [-0.2, -0.15) is 0 Å². The lowest BCUT2D eigenvalue weighted by molar-refractivity contribution is -0.125. The zero-order chi connectivity index (χ0) is 20.9. The minimum atomic E-state index is -1.04. The molecule has 8 heteroatoms. The number of benzene rings is 1. The molecule has 2 N–H and O–H groups in total. The van der Waals surface area contributed by atoms with Gasteiger partial charge in [0.2, 0.25) is 0 Å². The number of hydrogen-bond acceptors (Lipinski definition) is 5. The summed E-state index contributed by atoms with van der Waals surface area (Å²) in [5, 5.41) is 5.00. The number of carbonyl (C=O) groups is 3. The molecule has 4 heterocycles. The van der Waals surface area contributed by atoms with E-state index in [1.165, 1.54) is 11.3 Å². The molecule has 1 aromatic heterocycles. The van der Waals surface area contributed by atoms with Crippen molar-refractivity contribution in [3.63, 3.8) is 0 Å². The Morgan fingerprint density at radius 1 is 1.27 bits per heavy atom. The normalized spacial score (nSPS) is 25.4. The van der Waals surface area contributed by atoms with E-state index in [0.29, 0.717) is 37.7 Å². The van der Waals surface area contributed by atoms with Crippen molar-refractivity contribution in [3.05, 3.63) is 53.5 Å². The van der Waals surface area contributed by atoms with Crippen LogP contribution >= 0.6 is 0 Å². The number of carbonyl (C=O) groups excluding carboxylic acids is 3. The van der Waals surface area contributed by atoms with Crippen molar-refractivity contribution in [2.45, 2.75) is 44.3 Å². The fourth-order valence-corrected chi connectivity index (χ4v) is 4.89. The van der Waals surface area contributed by atoms with Crippen LogP contribution in [0.15, 0.2) is 41.0 Å². The molecule has 0 saturated carbocycles. The molecule has 2 unspecified atom stereocenters. The zero-order valence-corrected chi connectivity index (χ0v) is 16.8. The standard InChI is InChI=1S/C22H24N4O4/c1-14-11-15-5-2-3-6-17(15)26(14)12-16-7-10-30-18(16)19(27)25-9-4-8-22(13-25)20(28)23-21(29)24-22/h2-3,5-7,10,14H,4,8-9,11-13H2,1H3,(H2,23,24,28,29). The first kappa shape index (κ1) is 18.7. The van der Waals surface area contributed by atoms with Crippen LogP contribution < -0.4 is 15.5 Å². The number of likely N-dealkylation sites (tertiary alicyclic amines) is 1. The molecule has 2 aromatic rings. The van der Waals surface area contributed by atoms with Gasteiger partial charge >= 0.3 is 6.03 Å². The van der Waals surface area contributed by atoms with Crippen LogP contribution in [-0.4, -0.2) is 47.4 Å². The fraction of sp³-hybridized carbons (Fsp3) is 0.409. The predicted molar refractivity (Wildman–Crippen MR) is 109 cm³/mol. The Kier molecular flexibility index (Phi) is 4.30. The molecule has 5 rings (SSSR count). The topological polar surface area (TPSA) is 94.9 Å². The second-order valence-electron chi connectivity index (χ2n) is 8.41. The van der Waals surface area contributed by atoms with Crippen LogP contribution in [0.4, 0.5) is 10.5 Å². The number of rotatable bonds is 3. The van der Waals surface area contributed by atoms with E-state index in [0.717, 1.165) is 12.0 Å². The third-order valence-electron chi connectivity index (χ3n) is 6.42. The monoisotopic (exact) mass is 408 g/mol. The van der Waals surface area contributed by atoms with E-state index in [4.69, 9.17) is 4.42 Å². The van der Waals surface area contributed by atoms with Gasteiger partial charge in [-0.1, -0.05) is 18.2 Å². The van der Waals surface area contributed by atoms with Crippen LogP contribution in [0, 0.1) is 0 Å². The molecule has 0 aliphatic carbocycles. The summed E-state index contributed by atoms with van der Waals surface area (Å²) in [5.74, 6) is -0.316. The Morgan fingerprint density at radius 3 is 2.90 bits per heavy atom. The Labute approximate surface area is 174 Å². The molecule has 30 heavy (non-hydrogen) atoms. The Morgan fingerprint density at radius 2 is 2.10 bits per heavy atom. The molecule has 156 valence electrons. The average Bonchev–Trinajstić information content (AvgIpc) is 3.39. The summed E-state index contributed by atoms with van der Waals surface area (Å²) in [5.41, 5.74) is 2.28. The zero-order valence-electron chi connectivity index (χ0n) is 16.8. The third-order valence-corrected chi connectivity index (χ3v) is 6.42. The summed E-state index contributed by atoms with van der Waals surface area (Å²) in [4.78, 5) is 41.1. The van der Waals surface area contributed by atoms with Gasteiger partial charge in [-0.25, -0.2) is 4.79 Å². The lowest BCUT2D eigenvalue weighted by Crippen LogP contribution is -2.59. The molecule has 2 saturated heterocycles. The number of amides is 4. The number of anilines is 1. The first-order chi connectivity index (χ1) is 14.5. The SMILES string of the molecule is CC1Cc2ccccc2N1Cc1ccoc1C(=O)N1CCCC2(C1)NC(=O)NC2=O. The highest BCUT2D eigenvalue weighted by atomic mass is 16.3. The maximum Gasteiger partial charge on any atom is 0.322 e. The minimum absolute atomic E-state index is 0.145. The summed E-state index contributed by atoms with van der Waals surface area (Å²) in [6, 6.07) is 9.98. The molecule has 8 nitrogen and oxygen atoms in total. The summed E-state index contributed by atoms with van der Waals surface area (Å²) < 4.78 is 5.61. The number of nitrogens with one attached hydrogen (secondary N) is 2. The van der Waals surface area contributed by atoms with Crippen LogP contribution in [0.2, 0.25) is 0 Å². The number of nitrogens with zero attached hydrogens (tertiary/aromatic N) is 2. The van der Waals surface area contributed by atoms with Gasteiger partial charge in [0.25, 0.3) is 11.8 Å². The van der Waals surface area contributed by atoms with E-state index in [-0.39, 0.29) is 18.4 Å². The van der Waals surface area contributed by atoms with Crippen LogP contribution in [0.1, 0.15) is 41.4 Å². The molecule has 1 spiro atoms. The first-order valence-electron chi connectivity index (χ1n) is 10.3. The smallest absolute Gasteiger partial charge is 0.322 e. The first-order valence-corrected chi connectivity index (χ1v) is 10.3. The number of furan rings is 1. The lowest BCUT2D eigenvalue weighted by Gasteiger charge is -2.37. The molecule has 4 amide bonds. The van der Waals surface area contributed by atoms with Crippen molar-refractivity contribution >= 4 is 23.5 Å². The average molecular weight is 408 g/mol. The molecule has 2 atom stereocenters. The van der Waals surface area contributed by atoms with Gasteiger partial charge in [-0.3, -0.25) is 14.9 Å². The molecule has 0 radical (unpaired) electrons. The lowest BCUT2D eigenvalue weighted by atomic mass is 9.89. The van der Waals surface area contributed by atoms with Crippen molar-refractivity contribution in [1.82, 2.24) is 15.5 Å². The third kappa shape index (κ3) is 2.94. The van der Waals surface area contributed by atoms with Crippen LogP contribution in [0.25, 0.3) is 0 Å². The molecule has 3 aliphatic rings. The van der Waals surface area contributed by atoms with E-state index >= 15 is 0 Å². The molecule has 2 fully saturated rings. The quantitative estimate of drug-likeness (QED) is 0.758. The van der Waals surface area contributed by atoms with Crippen molar-refractivity contribution in [2.75, 3.05) is 18.0 Å². The molecule has 3 aliphatic heterocycles. The van der Waals surface area contributed by atoms with E-state index in [1.807, 2.05) is 18.2 Å². The van der Waals surface area contributed by atoms with Gasteiger partial charge in [-0.15, -0.1) is 0 Å². The van der Waals surface area contributed by atoms with Crippen molar-refractivity contribution < 1.29 is 18.8 Å². The highest BCUT2D eigenvalue weighted by Crippen LogP contribution is 2.34. The minimum Gasteiger partial charge on any atom is -0.459 e. The summed E-state index contributed by atoms with van der Waals surface area (Å²) in [6.45, 7) is 3.42. The van der Waals surface area contributed by atoms with E-state index < -0.39 is 11.6 Å². The van der Waals surface area contributed by atoms with Gasteiger partial charge in [0.05, 0.1) is 12.8 Å². The van der Waals surface area contributed by atoms with Gasteiger partial charge in [0.1, 0.15) is 5.54 Å². The van der Waals surface area contributed by atoms with Crippen molar-refractivity contribution in [1.29, 1.82) is 0 Å². The van der Waals surface area contributed by atoms with E-state index in [2.05, 4.69) is 34.6 Å². The maximum absolute atomic E-state index is 13.3. The maximum atomic E-state index is 13.3. The van der Waals surface area contributed by atoms with Gasteiger partial charge in [0.15, 0.2) is 5.76 Å². The van der Waals surface area contributed by atoms with E-state index in [1.54, 1.807) is 11.2 Å². The van der Waals surface area contributed by atoms with Crippen molar-refractivity contribution in [3.8, 4) is 0 Å². The Balaban J connectivity index is 1.37. The van der Waals surface area contributed by atoms with Gasteiger partial charge in [-0.05, 0) is 43.9 Å². The van der Waals surface area contributed by atoms with E-state index in [9.17, 15) is 14.4 Å². The second-order valence-corrected chi connectivity index (χ2v) is 8.41. The second kappa shape index (κ2) is 6.90. The summed E-state index contributed by atoms with van der Waals surface area (Å²) in [7, 11) is 0. The highest BCUT2D eigenvalue weighted by Gasteiger charge is 2.50. The van der Waals surface area contributed by atoms with Crippen LogP contribution in [0.5, 0.6) is 0 Å². The van der Waals surface area contributed by atoms with Crippen LogP contribution in [0.3, 0.4) is 0 Å². The number of para-hydroxylation sites is 1. The highest BCUT2D eigenvalue weighted by molar-refractivity contribution is 6.07. The number of imide groups is 1. The Bertz CT molecular complexity index is 1030. The van der Waals surface area contributed by atoms with Crippen LogP contribution in [-0.2, 0) is 17.8 Å². The Hall–Kier alpha value is -3.29. The predicted octanol–water partition coefficient (Wildman–Crippen LogP) is 2.04.